The molecule has 1 spiro atoms. The Morgan fingerprint density at radius 2 is 2.00 bits per heavy atom. The van der Waals surface area contributed by atoms with E-state index < -0.39 is 6.10 Å². The Morgan fingerprint density at radius 3 is 2.64 bits per heavy atom. The van der Waals surface area contributed by atoms with Gasteiger partial charge in [-0.3, -0.25) is 0 Å². The summed E-state index contributed by atoms with van der Waals surface area (Å²) < 4.78 is 0. The van der Waals surface area contributed by atoms with Crippen LogP contribution in [0.25, 0.3) is 0 Å². The Morgan fingerprint density at radius 1 is 1.32 bits per heavy atom. The SMILES string of the molecule is CC(C)=C[C@H]1C[C@H](C)C2=C[C@H](O)[C@H](C)[C@H]3C(O)=CC(C)=CC231. The summed E-state index contributed by atoms with van der Waals surface area (Å²) in [5, 5.41) is 21.2. The Bertz CT molecular complexity index is 603. The molecule has 0 radical (unpaired) electrons. The largest absolute Gasteiger partial charge is 0.512 e. The highest BCUT2D eigenvalue weighted by molar-refractivity contribution is 5.46. The fourth-order valence-corrected chi connectivity index (χ4v) is 5.17. The number of aliphatic hydroxyl groups is 2. The molecule has 1 fully saturated rings. The van der Waals surface area contributed by atoms with Crippen LogP contribution in [0.4, 0.5) is 0 Å². The van der Waals surface area contributed by atoms with Crippen molar-refractivity contribution in [2.45, 2.75) is 47.1 Å². The minimum atomic E-state index is -0.469. The van der Waals surface area contributed by atoms with E-state index in [-0.39, 0.29) is 17.3 Å². The van der Waals surface area contributed by atoms with E-state index in [9.17, 15) is 10.2 Å². The summed E-state index contributed by atoms with van der Waals surface area (Å²) in [4.78, 5) is 0. The van der Waals surface area contributed by atoms with Gasteiger partial charge in [0.1, 0.15) is 0 Å². The molecule has 0 aromatic heterocycles. The Hall–Kier alpha value is -1.28. The van der Waals surface area contributed by atoms with Gasteiger partial charge in [-0.2, -0.15) is 0 Å². The number of aliphatic hydroxyl groups excluding tert-OH is 2. The van der Waals surface area contributed by atoms with Crippen LogP contribution in [0.1, 0.15) is 41.0 Å². The van der Waals surface area contributed by atoms with Crippen LogP contribution in [0.2, 0.25) is 0 Å². The highest BCUT2D eigenvalue weighted by atomic mass is 16.3. The highest BCUT2D eigenvalue weighted by Crippen LogP contribution is 2.64. The number of rotatable bonds is 1. The molecule has 2 nitrogen and oxygen atoms in total. The average molecular weight is 300 g/mol. The topological polar surface area (TPSA) is 40.5 Å². The van der Waals surface area contributed by atoms with Crippen LogP contribution in [0.3, 0.4) is 0 Å². The first-order valence-corrected chi connectivity index (χ1v) is 8.42. The molecule has 1 unspecified atom stereocenters. The summed E-state index contributed by atoms with van der Waals surface area (Å²) in [5.41, 5.74) is 3.62. The van der Waals surface area contributed by atoms with Gasteiger partial charge in [0.25, 0.3) is 0 Å². The van der Waals surface area contributed by atoms with Gasteiger partial charge in [-0.1, -0.05) is 48.8 Å². The van der Waals surface area contributed by atoms with Crippen molar-refractivity contribution in [1.29, 1.82) is 0 Å². The number of allylic oxidation sites excluding steroid dienone is 7. The van der Waals surface area contributed by atoms with Gasteiger partial charge in [-0.05, 0) is 51.0 Å². The summed E-state index contributed by atoms with van der Waals surface area (Å²) in [5.74, 6) is 1.29. The molecule has 6 atom stereocenters. The van der Waals surface area contributed by atoms with E-state index in [0.29, 0.717) is 17.6 Å². The Labute approximate surface area is 133 Å². The lowest BCUT2D eigenvalue weighted by Gasteiger charge is -2.49. The maximum absolute atomic E-state index is 10.7. The normalized spacial score (nSPS) is 43.5. The monoisotopic (exact) mass is 300 g/mol. The number of hydrogen-bond donors (Lipinski definition) is 2. The molecule has 120 valence electrons. The summed E-state index contributed by atoms with van der Waals surface area (Å²) in [6.45, 7) is 10.7. The molecular weight excluding hydrogens is 272 g/mol. The zero-order valence-corrected chi connectivity index (χ0v) is 14.3. The van der Waals surface area contributed by atoms with E-state index in [1.807, 2.05) is 6.08 Å². The second-order valence-corrected chi connectivity index (χ2v) is 7.83. The molecular formula is C20H28O2. The first kappa shape index (κ1) is 15.6. The maximum Gasteiger partial charge on any atom is 0.0971 e. The third kappa shape index (κ3) is 2.04. The summed E-state index contributed by atoms with van der Waals surface area (Å²) in [6.07, 6.45) is 9.31. The van der Waals surface area contributed by atoms with Crippen molar-refractivity contribution in [3.63, 3.8) is 0 Å². The van der Waals surface area contributed by atoms with Crippen molar-refractivity contribution >= 4 is 0 Å². The summed E-state index contributed by atoms with van der Waals surface area (Å²) >= 11 is 0. The molecule has 1 saturated carbocycles. The lowest BCUT2D eigenvalue weighted by atomic mass is 9.55. The average Bonchev–Trinajstić information content (AvgIpc) is 2.62. The second kappa shape index (κ2) is 5.13. The van der Waals surface area contributed by atoms with Crippen molar-refractivity contribution in [3.8, 4) is 0 Å². The van der Waals surface area contributed by atoms with Gasteiger partial charge in [0.15, 0.2) is 0 Å². The van der Waals surface area contributed by atoms with Gasteiger partial charge >= 0.3 is 0 Å². The minimum absolute atomic E-state index is 0.0169. The molecule has 0 bridgehead atoms. The van der Waals surface area contributed by atoms with Gasteiger partial charge in [0.05, 0.1) is 11.9 Å². The van der Waals surface area contributed by atoms with Crippen LogP contribution in [-0.2, 0) is 0 Å². The van der Waals surface area contributed by atoms with E-state index in [0.717, 1.165) is 12.0 Å². The predicted molar refractivity (Wildman–Crippen MR) is 90.3 cm³/mol. The molecule has 0 heterocycles. The van der Waals surface area contributed by atoms with Crippen LogP contribution in [-0.4, -0.2) is 16.3 Å². The Kier molecular flexibility index (Phi) is 3.64. The minimum Gasteiger partial charge on any atom is -0.512 e. The molecule has 0 amide bonds. The fourth-order valence-electron chi connectivity index (χ4n) is 5.17. The standard InChI is InChI=1S/C20H28O2/c1-11(2)6-15-8-13(4)16-9-17(21)14(5)19-18(22)7-12(3)10-20(15,16)19/h6-7,9-10,13-15,17,19,21-22H,8H2,1-5H3/t13-,14-,15-,17-,19-,20?/m0/s1. The van der Waals surface area contributed by atoms with E-state index >= 15 is 0 Å². The van der Waals surface area contributed by atoms with Gasteiger partial charge in [0.2, 0.25) is 0 Å². The molecule has 3 rings (SSSR count). The first-order chi connectivity index (χ1) is 10.3. The molecule has 0 aromatic rings. The third-order valence-electron chi connectivity index (χ3n) is 5.88. The fraction of sp³-hybridized carbons (Fsp3) is 0.600. The summed E-state index contributed by atoms with van der Waals surface area (Å²) in [6, 6.07) is 0. The van der Waals surface area contributed by atoms with Gasteiger partial charge < -0.3 is 10.2 Å². The molecule has 0 aliphatic heterocycles. The van der Waals surface area contributed by atoms with Crippen LogP contribution in [0.15, 0.2) is 46.8 Å². The third-order valence-corrected chi connectivity index (χ3v) is 5.88. The van der Waals surface area contributed by atoms with Crippen molar-refractivity contribution in [2.75, 3.05) is 0 Å². The van der Waals surface area contributed by atoms with Crippen molar-refractivity contribution < 1.29 is 10.2 Å². The quantitative estimate of drug-likeness (QED) is 0.697. The molecule has 2 N–H and O–H groups in total. The Balaban J connectivity index is 2.25. The molecule has 22 heavy (non-hydrogen) atoms. The predicted octanol–water partition coefficient (Wildman–Crippen LogP) is 4.55. The zero-order valence-electron chi connectivity index (χ0n) is 14.3. The van der Waals surface area contributed by atoms with E-state index in [1.165, 1.54) is 11.1 Å². The maximum atomic E-state index is 10.7. The van der Waals surface area contributed by atoms with E-state index in [2.05, 4.69) is 52.8 Å². The first-order valence-electron chi connectivity index (χ1n) is 8.42. The molecule has 0 saturated heterocycles. The molecule has 0 aromatic carbocycles. The van der Waals surface area contributed by atoms with Gasteiger partial charge in [0, 0.05) is 11.3 Å². The van der Waals surface area contributed by atoms with Crippen LogP contribution in [0, 0.1) is 29.1 Å². The van der Waals surface area contributed by atoms with Crippen molar-refractivity contribution in [1.82, 2.24) is 0 Å². The van der Waals surface area contributed by atoms with Crippen LogP contribution in [0.5, 0.6) is 0 Å². The van der Waals surface area contributed by atoms with Gasteiger partial charge in [-0.25, -0.2) is 0 Å². The molecule has 3 aliphatic carbocycles. The van der Waals surface area contributed by atoms with Crippen LogP contribution >= 0.6 is 0 Å². The number of hydrogen-bond acceptors (Lipinski definition) is 2. The smallest absolute Gasteiger partial charge is 0.0971 e. The zero-order chi connectivity index (χ0) is 16.2. The van der Waals surface area contributed by atoms with Crippen molar-refractivity contribution in [3.05, 3.63) is 46.8 Å². The van der Waals surface area contributed by atoms with Gasteiger partial charge in [-0.15, -0.1) is 0 Å². The van der Waals surface area contributed by atoms with E-state index in [4.69, 9.17) is 0 Å². The molecule has 3 aliphatic rings. The lowest BCUT2D eigenvalue weighted by molar-refractivity contribution is 0.0461. The van der Waals surface area contributed by atoms with Crippen LogP contribution < -0.4 is 0 Å². The second-order valence-electron chi connectivity index (χ2n) is 7.83. The summed E-state index contributed by atoms with van der Waals surface area (Å²) in [7, 11) is 0. The lowest BCUT2D eigenvalue weighted by Crippen LogP contribution is -2.47. The molecule has 2 heteroatoms. The van der Waals surface area contributed by atoms with Crippen molar-refractivity contribution in [2.24, 2.45) is 29.1 Å². The highest BCUT2D eigenvalue weighted by Gasteiger charge is 2.58. The van der Waals surface area contributed by atoms with E-state index in [1.54, 1.807) is 0 Å².